The number of hydrogen-bond donors (Lipinski definition) is 1. The first-order valence-electron chi connectivity index (χ1n) is 3.66. The van der Waals surface area contributed by atoms with Crippen molar-refractivity contribution in [1.29, 1.82) is 0 Å². The van der Waals surface area contributed by atoms with E-state index >= 15 is 0 Å². The number of nitrogens with one attached hydrogen (secondary N) is 1. The third-order valence-electron chi connectivity index (χ3n) is 1.80. The van der Waals surface area contributed by atoms with Crippen LogP contribution >= 0.6 is 0 Å². The summed E-state index contributed by atoms with van der Waals surface area (Å²) in [7, 11) is 0. The maximum absolute atomic E-state index is 4.21. The van der Waals surface area contributed by atoms with Gasteiger partial charge in [-0.05, 0) is 6.08 Å². The summed E-state index contributed by atoms with van der Waals surface area (Å²) in [5, 5.41) is 9.58. The Kier molecular flexibility index (Phi) is 1.43. The fourth-order valence-electron chi connectivity index (χ4n) is 1.28. The molecule has 0 aliphatic carbocycles. The number of hydrazone groups is 1. The third kappa shape index (κ3) is 0.926. The van der Waals surface area contributed by atoms with Gasteiger partial charge in [0, 0.05) is 25.7 Å². The minimum Gasteiger partial charge on any atom is -0.289 e. The molecule has 1 unspecified atom stereocenters. The van der Waals surface area contributed by atoms with Gasteiger partial charge in [-0.1, -0.05) is 6.08 Å². The van der Waals surface area contributed by atoms with Crippen molar-refractivity contribution < 1.29 is 0 Å². The van der Waals surface area contributed by atoms with Crippen LogP contribution in [0.3, 0.4) is 0 Å². The van der Waals surface area contributed by atoms with E-state index in [4.69, 9.17) is 0 Å². The largest absolute Gasteiger partial charge is 0.289 e. The Hall–Kier alpha value is -0.830. The molecule has 0 saturated carbocycles. The number of rotatable bonds is 1. The van der Waals surface area contributed by atoms with E-state index in [-0.39, 0.29) is 0 Å². The van der Waals surface area contributed by atoms with E-state index in [0.717, 1.165) is 19.5 Å². The van der Waals surface area contributed by atoms with Gasteiger partial charge in [0.05, 0.1) is 0 Å². The van der Waals surface area contributed by atoms with Gasteiger partial charge in [-0.25, -0.2) is 0 Å². The summed E-state index contributed by atoms with van der Waals surface area (Å²) in [5.41, 5.74) is 0. The first-order chi connectivity index (χ1) is 4.97. The van der Waals surface area contributed by atoms with Gasteiger partial charge in [0.25, 0.3) is 0 Å². The fraction of sp³-hybridized carbons (Fsp3) is 0.571. The molecule has 0 spiro atoms. The highest BCUT2D eigenvalue weighted by molar-refractivity contribution is 5.58. The summed E-state index contributed by atoms with van der Waals surface area (Å²) in [6.07, 6.45) is 7.71. The van der Waals surface area contributed by atoms with Gasteiger partial charge in [0.2, 0.25) is 0 Å². The van der Waals surface area contributed by atoms with Gasteiger partial charge in [-0.3, -0.25) is 10.3 Å². The molecule has 2 heterocycles. The predicted octanol–water partition coefficient (Wildman–Crippen LogP) is 0.163. The number of hydrogen-bond acceptors (Lipinski definition) is 3. The van der Waals surface area contributed by atoms with E-state index in [0.29, 0.717) is 6.17 Å². The zero-order valence-corrected chi connectivity index (χ0v) is 5.83. The number of nitrogens with zero attached hydrogens (tertiary/aromatic N) is 2. The lowest BCUT2D eigenvalue weighted by Gasteiger charge is -2.20. The summed E-state index contributed by atoms with van der Waals surface area (Å²) in [6.45, 7) is 2.04. The molecule has 2 aliphatic rings. The molecule has 3 heteroatoms. The van der Waals surface area contributed by atoms with E-state index in [1.807, 2.05) is 6.21 Å². The highest BCUT2D eigenvalue weighted by atomic mass is 15.5. The smallest absolute Gasteiger partial charge is 0.115 e. The Morgan fingerprint density at radius 2 is 2.60 bits per heavy atom. The molecule has 2 aliphatic heterocycles. The second kappa shape index (κ2) is 2.42. The molecular weight excluding hydrogens is 126 g/mol. The Morgan fingerprint density at radius 3 is 3.20 bits per heavy atom. The molecule has 0 amide bonds. The average molecular weight is 137 g/mol. The van der Waals surface area contributed by atoms with Gasteiger partial charge in [-0.15, -0.1) is 0 Å². The SMILES string of the molecule is C1=CC(N2CCC=N2)NC1. The van der Waals surface area contributed by atoms with E-state index in [9.17, 15) is 0 Å². The van der Waals surface area contributed by atoms with Crippen molar-refractivity contribution >= 4 is 6.21 Å². The van der Waals surface area contributed by atoms with Crippen molar-refractivity contribution in [1.82, 2.24) is 10.3 Å². The van der Waals surface area contributed by atoms with Crippen LogP contribution in [0, 0.1) is 0 Å². The van der Waals surface area contributed by atoms with Crippen molar-refractivity contribution in [2.45, 2.75) is 12.6 Å². The molecule has 1 N–H and O–H groups in total. The van der Waals surface area contributed by atoms with E-state index in [2.05, 4.69) is 27.6 Å². The Labute approximate surface area is 60.4 Å². The molecular formula is C7H11N3. The molecule has 0 radical (unpaired) electrons. The van der Waals surface area contributed by atoms with Gasteiger partial charge in [0.15, 0.2) is 0 Å². The average Bonchev–Trinajstić information content (AvgIpc) is 2.59. The van der Waals surface area contributed by atoms with Gasteiger partial charge >= 0.3 is 0 Å². The monoisotopic (exact) mass is 137 g/mol. The standard InChI is InChI=1S/C7H11N3/c1-3-7(8-4-1)10-6-2-5-9-10/h1,3,5,7-8H,2,4,6H2. The van der Waals surface area contributed by atoms with E-state index in [1.54, 1.807) is 0 Å². The molecule has 0 bridgehead atoms. The Morgan fingerprint density at radius 1 is 1.60 bits per heavy atom. The van der Waals surface area contributed by atoms with Crippen molar-refractivity contribution in [2.24, 2.45) is 5.10 Å². The topological polar surface area (TPSA) is 27.6 Å². The summed E-state index contributed by atoms with van der Waals surface area (Å²) < 4.78 is 0. The maximum Gasteiger partial charge on any atom is 0.115 e. The normalized spacial score (nSPS) is 30.4. The minimum atomic E-state index is 0.360. The molecule has 1 atom stereocenters. The van der Waals surface area contributed by atoms with Crippen LogP contribution in [0.4, 0.5) is 0 Å². The van der Waals surface area contributed by atoms with Crippen molar-refractivity contribution in [3.8, 4) is 0 Å². The van der Waals surface area contributed by atoms with Crippen LogP contribution in [-0.4, -0.2) is 30.5 Å². The van der Waals surface area contributed by atoms with Crippen LogP contribution in [0.25, 0.3) is 0 Å². The van der Waals surface area contributed by atoms with Crippen molar-refractivity contribution in [2.75, 3.05) is 13.1 Å². The molecule has 54 valence electrons. The molecule has 2 rings (SSSR count). The van der Waals surface area contributed by atoms with Crippen LogP contribution in [0.15, 0.2) is 17.3 Å². The van der Waals surface area contributed by atoms with Gasteiger partial charge < -0.3 is 0 Å². The van der Waals surface area contributed by atoms with Crippen LogP contribution in [-0.2, 0) is 0 Å². The second-order valence-electron chi connectivity index (χ2n) is 2.53. The molecule has 10 heavy (non-hydrogen) atoms. The van der Waals surface area contributed by atoms with Crippen LogP contribution < -0.4 is 5.32 Å². The lowest BCUT2D eigenvalue weighted by molar-refractivity contribution is 0.243. The fourth-order valence-corrected chi connectivity index (χ4v) is 1.28. The molecule has 0 aromatic rings. The van der Waals surface area contributed by atoms with Crippen LogP contribution in [0.5, 0.6) is 0 Å². The van der Waals surface area contributed by atoms with Crippen LogP contribution in [0.2, 0.25) is 0 Å². The molecule has 0 aromatic carbocycles. The highest BCUT2D eigenvalue weighted by Gasteiger charge is 2.17. The lowest BCUT2D eigenvalue weighted by Crippen LogP contribution is -2.37. The highest BCUT2D eigenvalue weighted by Crippen LogP contribution is 2.07. The summed E-state index contributed by atoms with van der Waals surface area (Å²) in [5.74, 6) is 0. The first kappa shape index (κ1) is 5.92. The van der Waals surface area contributed by atoms with Crippen molar-refractivity contribution in [3.05, 3.63) is 12.2 Å². The zero-order valence-electron chi connectivity index (χ0n) is 5.83. The van der Waals surface area contributed by atoms with Crippen LogP contribution in [0.1, 0.15) is 6.42 Å². The minimum absolute atomic E-state index is 0.360. The summed E-state index contributed by atoms with van der Waals surface area (Å²) in [4.78, 5) is 0. The summed E-state index contributed by atoms with van der Waals surface area (Å²) in [6, 6.07) is 0. The van der Waals surface area contributed by atoms with Gasteiger partial charge in [0.1, 0.15) is 6.17 Å². The molecule has 0 saturated heterocycles. The molecule has 0 fully saturated rings. The quantitative estimate of drug-likeness (QED) is 0.521. The second-order valence-corrected chi connectivity index (χ2v) is 2.53. The Bertz CT molecular complexity index is 154. The summed E-state index contributed by atoms with van der Waals surface area (Å²) >= 11 is 0. The van der Waals surface area contributed by atoms with Crippen molar-refractivity contribution in [3.63, 3.8) is 0 Å². The van der Waals surface area contributed by atoms with Gasteiger partial charge in [-0.2, -0.15) is 5.10 Å². The van der Waals surface area contributed by atoms with E-state index in [1.165, 1.54) is 0 Å². The zero-order chi connectivity index (χ0) is 6.81. The maximum atomic E-state index is 4.21. The molecule has 3 nitrogen and oxygen atoms in total. The lowest BCUT2D eigenvalue weighted by atomic mass is 10.4. The Balaban J connectivity index is 1.98. The third-order valence-corrected chi connectivity index (χ3v) is 1.80. The molecule has 0 aromatic heterocycles. The van der Waals surface area contributed by atoms with E-state index < -0.39 is 0 Å². The first-order valence-corrected chi connectivity index (χ1v) is 3.66. The predicted molar refractivity (Wildman–Crippen MR) is 40.7 cm³/mol.